The molecule has 0 spiro atoms. The van der Waals surface area contributed by atoms with Crippen molar-refractivity contribution in [2.45, 2.75) is 18.1 Å². The maximum Gasteiger partial charge on any atom is 0.145 e. The van der Waals surface area contributed by atoms with Crippen molar-refractivity contribution in [3.63, 3.8) is 0 Å². The number of nitrogens with zero attached hydrogens (tertiary/aromatic N) is 3. The molecule has 4 rings (SSSR count). The molecule has 2 N–H and O–H groups in total. The highest BCUT2D eigenvalue weighted by Crippen LogP contribution is 2.38. The molecule has 3 heterocycles. The standard InChI is InChI=1S/C21H20N4O3S/c1-12-4-14(28-15-9-27-10-15)2-3-16(12)19-17(5-22)20(24)25-21(18(19)6-23)29-11-13-7-26-8-13/h2-4,13,15H,7-11H2,1H3,(H2,24,25). The molecule has 2 aromatic rings. The van der Waals surface area contributed by atoms with Crippen molar-refractivity contribution in [1.29, 1.82) is 10.5 Å². The van der Waals surface area contributed by atoms with E-state index in [0.717, 1.165) is 35.8 Å². The molecule has 2 saturated heterocycles. The molecule has 2 aliphatic rings. The monoisotopic (exact) mass is 408 g/mol. The minimum absolute atomic E-state index is 0.0691. The molecular formula is C21H20N4O3S. The molecule has 0 bridgehead atoms. The Balaban J connectivity index is 1.73. The van der Waals surface area contributed by atoms with E-state index in [9.17, 15) is 10.5 Å². The van der Waals surface area contributed by atoms with Crippen LogP contribution in [-0.4, -0.2) is 43.3 Å². The summed E-state index contributed by atoms with van der Waals surface area (Å²) in [7, 11) is 0. The molecule has 0 amide bonds. The smallest absolute Gasteiger partial charge is 0.145 e. The third-order valence-corrected chi connectivity index (χ3v) is 6.16. The molecule has 0 aliphatic carbocycles. The molecule has 0 saturated carbocycles. The summed E-state index contributed by atoms with van der Waals surface area (Å²) in [4.78, 5) is 4.35. The number of rotatable bonds is 6. The summed E-state index contributed by atoms with van der Waals surface area (Å²) in [5, 5.41) is 20.1. The van der Waals surface area contributed by atoms with E-state index in [1.165, 1.54) is 11.8 Å². The van der Waals surface area contributed by atoms with Gasteiger partial charge in [-0.15, -0.1) is 11.8 Å². The Labute approximate surface area is 173 Å². The van der Waals surface area contributed by atoms with Crippen LogP contribution >= 0.6 is 11.8 Å². The summed E-state index contributed by atoms with van der Waals surface area (Å²) in [6, 6.07) is 10.00. The molecule has 1 aromatic carbocycles. The van der Waals surface area contributed by atoms with E-state index >= 15 is 0 Å². The third kappa shape index (κ3) is 3.88. The molecule has 0 radical (unpaired) electrons. The van der Waals surface area contributed by atoms with Gasteiger partial charge in [0.05, 0.1) is 32.0 Å². The third-order valence-electron chi connectivity index (χ3n) is 4.96. The lowest BCUT2D eigenvalue weighted by Gasteiger charge is -2.27. The summed E-state index contributed by atoms with van der Waals surface area (Å²) in [5.74, 6) is 2.11. The summed E-state index contributed by atoms with van der Waals surface area (Å²) >= 11 is 1.48. The number of nitrogen functional groups attached to an aromatic ring is 1. The second-order valence-electron chi connectivity index (χ2n) is 7.12. The minimum atomic E-state index is 0.0691. The van der Waals surface area contributed by atoms with Gasteiger partial charge in [-0.05, 0) is 30.2 Å². The first-order chi connectivity index (χ1) is 14.1. The van der Waals surface area contributed by atoms with Crippen LogP contribution in [0.5, 0.6) is 5.75 Å². The first-order valence-electron chi connectivity index (χ1n) is 9.30. The van der Waals surface area contributed by atoms with Gasteiger partial charge in [0.1, 0.15) is 40.4 Å². The summed E-state index contributed by atoms with van der Waals surface area (Å²) < 4.78 is 16.2. The van der Waals surface area contributed by atoms with Gasteiger partial charge in [0.25, 0.3) is 0 Å². The number of anilines is 1. The number of pyridine rings is 1. The van der Waals surface area contributed by atoms with Gasteiger partial charge in [-0.25, -0.2) is 4.98 Å². The van der Waals surface area contributed by atoms with E-state index in [-0.39, 0.29) is 17.5 Å². The van der Waals surface area contributed by atoms with Crippen LogP contribution < -0.4 is 10.5 Å². The predicted octanol–water partition coefficient (Wildman–Crippen LogP) is 2.90. The number of hydrogen-bond donors (Lipinski definition) is 1. The average molecular weight is 408 g/mol. The zero-order valence-corrected chi connectivity index (χ0v) is 16.8. The van der Waals surface area contributed by atoms with Crippen LogP contribution in [0.2, 0.25) is 0 Å². The van der Waals surface area contributed by atoms with Crippen LogP contribution in [0.1, 0.15) is 16.7 Å². The summed E-state index contributed by atoms with van der Waals surface area (Å²) in [6.07, 6.45) is 0.0691. The maximum absolute atomic E-state index is 9.89. The Morgan fingerprint density at radius 2 is 1.90 bits per heavy atom. The van der Waals surface area contributed by atoms with Crippen molar-refractivity contribution >= 4 is 17.6 Å². The van der Waals surface area contributed by atoms with E-state index in [1.807, 2.05) is 25.1 Å². The normalized spacial score (nSPS) is 16.4. The highest BCUT2D eigenvalue weighted by atomic mass is 32.2. The van der Waals surface area contributed by atoms with Crippen LogP contribution in [0.15, 0.2) is 23.2 Å². The van der Waals surface area contributed by atoms with Crippen LogP contribution in [0.25, 0.3) is 11.1 Å². The molecule has 8 heteroatoms. The zero-order chi connectivity index (χ0) is 20.4. The van der Waals surface area contributed by atoms with Gasteiger partial charge in [0.15, 0.2) is 0 Å². The molecule has 0 atom stereocenters. The number of ether oxygens (including phenoxy) is 3. The van der Waals surface area contributed by atoms with E-state index in [2.05, 4.69) is 17.1 Å². The van der Waals surface area contributed by atoms with Crippen LogP contribution in [0.3, 0.4) is 0 Å². The lowest BCUT2D eigenvalue weighted by atomic mass is 9.93. The lowest BCUT2D eigenvalue weighted by molar-refractivity contribution is -0.0796. The topological polar surface area (TPSA) is 114 Å². The second-order valence-corrected chi connectivity index (χ2v) is 8.13. The van der Waals surface area contributed by atoms with Gasteiger partial charge < -0.3 is 19.9 Å². The first kappa shape index (κ1) is 19.5. The Kier molecular flexibility index (Phi) is 5.59. The van der Waals surface area contributed by atoms with Gasteiger partial charge in [-0.2, -0.15) is 10.5 Å². The fraction of sp³-hybridized carbons (Fsp3) is 0.381. The molecule has 0 unspecified atom stereocenters. The van der Waals surface area contributed by atoms with E-state index in [1.54, 1.807) is 0 Å². The Morgan fingerprint density at radius 3 is 2.45 bits per heavy atom. The number of thioether (sulfide) groups is 1. The van der Waals surface area contributed by atoms with Gasteiger partial charge >= 0.3 is 0 Å². The van der Waals surface area contributed by atoms with E-state index in [4.69, 9.17) is 19.9 Å². The Bertz CT molecular complexity index is 1020. The van der Waals surface area contributed by atoms with Crippen LogP contribution in [0.4, 0.5) is 5.82 Å². The average Bonchev–Trinajstić information content (AvgIpc) is 2.63. The zero-order valence-electron chi connectivity index (χ0n) is 16.0. The van der Waals surface area contributed by atoms with Crippen molar-refractivity contribution < 1.29 is 14.2 Å². The molecule has 2 aliphatic heterocycles. The molecule has 148 valence electrons. The number of hydrogen-bond acceptors (Lipinski definition) is 8. The van der Waals surface area contributed by atoms with Gasteiger partial charge in [0, 0.05) is 17.2 Å². The highest BCUT2D eigenvalue weighted by molar-refractivity contribution is 7.99. The number of benzene rings is 1. The molecule has 1 aromatic heterocycles. The van der Waals surface area contributed by atoms with Crippen molar-refractivity contribution in [2.75, 3.05) is 37.9 Å². The highest BCUT2D eigenvalue weighted by Gasteiger charge is 2.25. The quantitative estimate of drug-likeness (QED) is 0.726. The molecule has 2 fully saturated rings. The number of aryl methyl sites for hydroxylation is 1. The summed E-state index contributed by atoms with van der Waals surface area (Å²) in [5.41, 5.74) is 8.90. The minimum Gasteiger partial charge on any atom is -0.486 e. The number of aromatic nitrogens is 1. The van der Waals surface area contributed by atoms with Crippen LogP contribution in [0, 0.1) is 35.5 Å². The number of nitrogens with two attached hydrogens (primary N) is 1. The van der Waals surface area contributed by atoms with Gasteiger partial charge in [-0.1, -0.05) is 6.07 Å². The lowest BCUT2D eigenvalue weighted by Crippen LogP contribution is -2.38. The maximum atomic E-state index is 9.89. The predicted molar refractivity (Wildman–Crippen MR) is 109 cm³/mol. The number of nitriles is 2. The van der Waals surface area contributed by atoms with Crippen molar-refractivity contribution in [3.8, 4) is 29.0 Å². The van der Waals surface area contributed by atoms with Crippen molar-refractivity contribution in [2.24, 2.45) is 5.92 Å². The SMILES string of the molecule is Cc1cc(OC2COC2)ccc1-c1c(C#N)c(N)nc(SCC2COC2)c1C#N. The largest absolute Gasteiger partial charge is 0.486 e. The van der Waals surface area contributed by atoms with Crippen molar-refractivity contribution in [1.82, 2.24) is 4.98 Å². The first-order valence-corrected chi connectivity index (χ1v) is 10.3. The van der Waals surface area contributed by atoms with E-state index in [0.29, 0.717) is 35.3 Å². The van der Waals surface area contributed by atoms with Gasteiger partial charge in [0.2, 0.25) is 0 Å². The summed E-state index contributed by atoms with van der Waals surface area (Å²) in [6.45, 7) is 4.55. The van der Waals surface area contributed by atoms with E-state index < -0.39 is 0 Å². The van der Waals surface area contributed by atoms with Crippen LogP contribution in [-0.2, 0) is 9.47 Å². The molecule has 29 heavy (non-hydrogen) atoms. The molecule has 7 nitrogen and oxygen atoms in total. The van der Waals surface area contributed by atoms with Crippen molar-refractivity contribution in [3.05, 3.63) is 34.9 Å². The second kappa shape index (κ2) is 8.30. The Hall–Kier alpha value is -2.78. The van der Waals surface area contributed by atoms with Gasteiger partial charge in [-0.3, -0.25) is 0 Å². The Morgan fingerprint density at radius 1 is 1.17 bits per heavy atom. The fourth-order valence-electron chi connectivity index (χ4n) is 3.21. The fourth-order valence-corrected chi connectivity index (χ4v) is 4.25. The molecular weight excluding hydrogens is 388 g/mol.